The summed E-state index contributed by atoms with van der Waals surface area (Å²) in [5.74, 6) is -0.124. The van der Waals surface area contributed by atoms with E-state index in [4.69, 9.17) is 14.6 Å². The van der Waals surface area contributed by atoms with Crippen LogP contribution in [0.15, 0.2) is 48.5 Å². The molecule has 1 aliphatic rings. The van der Waals surface area contributed by atoms with E-state index in [0.29, 0.717) is 37.7 Å². The van der Waals surface area contributed by atoms with Gasteiger partial charge < -0.3 is 24.4 Å². The van der Waals surface area contributed by atoms with Crippen LogP contribution in [0.1, 0.15) is 13.8 Å². The van der Waals surface area contributed by atoms with Crippen LogP contribution in [0.4, 0.5) is 11.4 Å². The lowest BCUT2D eigenvalue weighted by Gasteiger charge is -2.34. The Morgan fingerprint density at radius 1 is 1.17 bits per heavy atom. The Morgan fingerprint density at radius 2 is 1.93 bits per heavy atom. The minimum Gasteiger partial charge on any atom is -0.486 e. The summed E-state index contributed by atoms with van der Waals surface area (Å²) in [5.41, 5.74) is 1.71. The number of benzene rings is 2. The summed E-state index contributed by atoms with van der Waals surface area (Å²) in [6.07, 6.45) is 0. The number of anilines is 2. The Kier molecular flexibility index (Phi) is 6.59. The second-order valence-corrected chi connectivity index (χ2v) is 7.10. The molecule has 0 spiro atoms. The number of carboxylic acid groups (broad SMARTS) is 1. The summed E-state index contributed by atoms with van der Waals surface area (Å²) in [4.78, 5) is 27.5. The summed E-state index contributed by atoms with van der Waals surface area (Å²) in [6, 6.07) is 15.1. The number of ether oxygens (including phenoxy) is 2. The van der Waals surface area contributed by atoms with Crippen molar-refractivity contribution in [1.82, 2.24) is 0 Å². The third-order valence-electron chi connectivity index (χ3n) is 4.68. The van der Waals surface area contributed by atoms with E-state index in [2.05, 4.69) is 4.90 Å². The molecule has 1 aliphatic heterocycles. The minimum atomic E-state index is -1.04. The van der Waals surface area contributed by atoms with Gasteiger partial charge in [-0.05, 0) is 24.3 Å². The zero-order chi connectivity index (χ0) is 20.8. The highest BCUT2D eigenvalue weighted by molar-refractivity contribution is 5.94. The molecule has 7 heteroatoms. The van der Waals surface area contributed by atoms with Gasteiger partial charge in [0.15, 0.2) is 18.1 Å². The fraction of sp³-hybridized carbons (Fsp3) is 0.364. The molecule has 0 aliphatic carbocycles. The first-order valence-corrected chi connectivity index (χ1v) is 9.69. The maximum atomic E-state index is 12.8. The maximum Gasteiger partial charge on any atom is 0.341 e. The van der Waals surface area contributed by atoms with Crippen molar-refractivity contribution in [3.05, 3.63) is 48.5 Å². The monoisotopic (exact) mass is 398 g/mol. The fourth-order valence-electron chi connectivity index (χ4n) is 3.27. The van der Waals surface area contributed by atoms with Crippen LogP contribution < -0.4 is 19.3 Å². The quantitative estimate of drug-likeness (QED) is 0.736. The van der Waals surface area contributed by atoms with Gasteiger partial charge in [0.1, 0.15) is 6.61 Å². The van der Waals surface area contributed by atoms with Gasteiger partial charge in [-0.25, -0.2) is 4.79 Å². The number of carbonyl (C=O) groups excluding carboxylic acids is 1. The van der Waals surface area contributed by atoms with Crippen molar-refractivity contribution in [1.29, 1.82) is 0 Å². The molecule has 0 aromatic heterocycles. The van der Waals surface area contributed by atoms with Crippen LogP contribution >= 0.6 is 0 Å². The number of fused-ring (bicyclic) bond motifs is 1. The van der Waals surface area contributed by atoms with Crippen LogP contribution in [-0.4, -0.2) is 49.8 Å². The SMILES string of the molecule is CC(C)C(=O)N(CCN1CCOc2c(OCC(=O)O)cccc21)c1ccccc1. The number of hydrogen-bond donors (Lipinski definition) is 1. The molecule has 0 fully saturated rings. The molecular formula is C22H26N2O5. The van der Waals surface area contributed by atoms with Gasteiger partial charge in [0.25, 0.3) is 0 Å². The normalized spacial score (nSPS) is 12.9. The number of amides is 1. The fourth-order valence-corrected chi connectivity index (χ4v) is 3.27. The number of rotatable bonds is 8. The summed E-state index contributed by atoms with van der Waals surface area (Å²) < 4.78 is 11.1. The lowest BCUT2D eigenvalue weighted by Crippen LogP contribution is -2.43. The number of aliphatic carboxylic acids is 1. The minimum absolute atomic E-state index is 0.0724. The van der Waals surface area contributed by atoms with Crippen LogP contribution in [0.5, 0.6) is 11.5 Å². The average Bonchev–Trinajstić information content (AvgIpc) is 2.73. The van der Waals surface area contributed by atoms with E-state index in [1.54, 1.807) is 6.07 Å². The van der Waals surface area contributed by atoms with Gasteiger partial charge in [-0.1, -0.05) is 38.1 Å². The van der Waals surface area contributed by atoms with Gasteiger partial charge in [-0.15, -0.1) is 0 Å². The van der Waals surface area contributed by atoms with Crippen LogP contribution in [0, 0.1) is 5.92 Å². The highest BCUT2D eigenvalue weighted by Crippen LogP contribution is 2.39. The third-order valence-corrected chi connectivity index (χ3v) is 4.68. The highest BCUT2D eigenvalue weighted by Gasteiger charge is 2.24. The topological polar surface area (TPSA) is 79.3 Å². The Balaban J connectivity index is 1.78. The van der Waals surface area contributed by atoms with Crippen molar-refractivity contribution in [3.63, 3.8) is 0 Å². The Morgan fingerprint density at radius 3 is 2.62 bits per heavy atom. The third kappa shape index (κ3) is 4.99. The number of nitrogens with zero attached hydrogens (tertiary/aromatic N) is 2. The predicted octanol–water partition coefficient (Wildman–Crippen LogP) is 3.04. The zero-order valence-electron chi connectivity index (χ0n) is 16.7. The molecule has 0 bridgehead atoms. The Bertz CT molecular complexity index is 854. The van der Waals surface area contributed by atoms with Gasteiger partial charge >= 0.3 is 5.97 Å². The molecule has 0 unspecified atom stereocenters. The molecule has 2 aromatic rings. The van der Waals surface area contributed by atoms with Crippen LogP contribution in [0.3, 0.4) is 0 Å². The summed E-state index contributed by atoms with van der Waals surface area (Å²) >= 11 is 0. The molecule has 29 heavy (non-hydrogen) atoms. The first-order valence-electron chi connectivity index (χ1n) is 9.69. The van der Waals surface area contributed by atoms with E-state index >= 15 is 0 Å². The van der Waals surface area contributed by atoms with Gasteiger partial charge in [0, 0.05) is 24.7 Å². The van der Waals surface area contributed by atoms with E-state index in [-0.39, 0.29) is 11.8 Å². The molecule has 3 rings (SSSR count). The Hall–Kier alpha value is -3.22. The largest absolute Gasteiger partial charge is 0.486 e. The first kappa shape index (κ1) is 20.5. The molecular weight excluding hydrogens is 372 g/mol. The van der Waals surface area contributed by atoms with E-state index in [1.165, 1.54) is 0 Å². The molecule has 0 radical (unpaired) electrons. The number of para-hydroxylation sites is 2. The zero-order valence-corrected chi connectivity index (χ0v) is 16.7. The van der Waals surface area contributed by atoms with E-state index in [9.17, 15) is 9.59 Å². The highest BCUT2D eigenvalue weighted by atomic mass is 16.5. The number of carbonyl (C=O) groups is 2. The number of carboxylic acids is 1. The van der Waals surface area contributed by atoms with Crippen LogP contribution in [0.25, 0.3) is 0 Å². The van der Waals surface area contributed by atoms with E-state index < -0.39 is 12.6 Å². The second kappa shape index (κ2) is 9.32. The van der Waals surface area contributed by atoms with Gasteiger partial charge in [0.05, 0.1) is 12.2 Å². The molecule has 0 saturated carbocycles. The lowest BCUT2D eigenvalue weighted by atomic mass is 10.1. The smallest absolute Gasteiger partial charge is 0.341 e. The van der Waals surface area contributed by atoms with Gasteiger partial charge in [0.2, 0.25) is 5.91 Å². The lowest BCUT2D eigenvalue weighted by molar-refractivity contribution is -0.139. The summed E-state index contributed by atoms with van der Waals surface area (Å²) in [5, 5.41) is 8.87. The van der Waals surface area contributed by atoms with Crippen molar-refractivity contribution in [3.8, 4) is 11.5 Å². The predicted molar refractivity (Wildman–Crippen MR) is 111 cm³/mol. The van der Waals surface area contributed by atoms with Crippen molar-refractivity contribution in [2.45, 2.75) is 13.8 Å². The van der Waals surface area contributed by atoms with Crippen LogP contribution in [0.2, 0.25) is 0 Å². The van der Waals surface area contributed by atoms with Crippen LogP contribution in [-0.2, 0) is 9.59 Å². The molecule has 1 heterocycles. The average molecular weight is 398 g/mol. The van der Waals surface area contributed by atoms with Crippen molar-refractivity contribution < 1.29 is 24.2 Å². The summed E-state index contributed by atoms with van der Waals surface area (Å²) in [6.45, 7) is 5.65. The van der Waals surface area contributed by atoms with E-state index in [0.717, 1.165) is 11.4 Å². The summed E-state index contributed by atoms with van der Waals surface area (Å²) in [7, 11) is 0. The Labute approximate surface area is 170 Å². The molecule has 0 atom stereocenters. The molecule has 2 aromatic carbocycles. The van der Waals surface area contributed by atoms with E-state index in [1.807, 2.05) is 61.2 Å². The molecule has 154 valence electrons. The van der Waals surface area contributed by atoms with Gasteiger partial charge in [-0.2, -0.15) is 0 Å². The van der Waals surface area contributed by atoms with Gasteiger partial charge in [-0.3, -0.25) is 4.79 Å². The molecule has 1 amide bonds. The molecule has 1 N–H and O–H groups in total. The molecule has 0 saturated heterocycles. The standard InChI is InChI=1S/C22H26N2O5/c1-16(2)22(27)24(17-7-4-3-5-8-17)12-11-23-13-14-28-21-18(23)9-6-10-19(21)29-15-20(25)26/h3-10,16H,11-15H2,1-2H3,(H,25,26). The van der Waals surface area contributed by atoms with Crippen molar-refractivity contribution in [2.75, 3.05) is 42.6 Å². The van der Waals surface area contributed by atoms with Crippen molar-refractivity contribution >= 4 is 23.3 Å². The van der Waals surface area contributed by atoms with Crippen molar-refractivity contribution in [2.24, 2.45) is 5.92 Å². The molecule has 7 nitrogen and oxygen atoms in total. The number of hydrogen-bond acceptors (Lipinski definition) is 5. The maximum absolute atomic E-state index is 12.8. The second-order valence-electron chi connectivity index (χ2n) is 7.10. The first-order chi connectivity index (χ1) is 14.0.